The number of nitrogens with one attached hydrogen (secondary N) is 1. The van der Waals surface area contributed by atoms with Crippen LogP contribution < -0.4 is 29.0 Å². The van der Waals surface area contributed by atoms with Crippen LogP contribution in [0, 0.1) is 5.92 Å². The highest BCUT2D eigenvalue weighted by molar-refractivity contribution is 5.76. The van der Waals surface area contributed by atoms with Gasteiger partial charge in [-0.05, 0) is 43.7 Å². The summed E-state index contributed by atoms with van der Waals surface area (Å²) in [4.78, 5) is 27.2. The quantitative estimate of drug-likeness (QED) is 0.316. The van der Waals surface area contributed by atoms with Crippen molar-refractivity contribution in [2.45, 2.75) is 52.0 Å². The molecule has 1 aliphatic heterocycles. The summed E-state index contributed by atoms with van der Waals surface area (Å²) in [7, 11) is 6.07. The number of benzene rings is 2. The topological polar surface area (TPSA) is 120 Å². The van der Waals surface area contributed by atoms with Crippen molar-refractivity contribution >= 4 is 23.4 Å². The Labute approximate surface area is 235 Å². The Hall–Kier alpha value is -4.02. The standard InChI is InChI=1S/C29H40N4O7/c1-19(2)10-13-27(34)30-18-22-9-7-8-14-33(22)29(35)40-24-15-20(11-12-23(24)36-3)31-32-21-16-25(37-4)28(39-6)26(17-21)38-5/h11-12,15-17,19,22H,7-10,13-14,18H2,1-6H3,(H,30,34). The number of amides is 2. The number of hydrogen-bond acceptors (Lipinski definition) is 9. The van der Waals surface area contributed by atoms with Crippen molar-refractivity contribution in [3.63, 3.8) is 0 Å². The predicted octanol–water partition coefficient (Wildman–Crippen LogP) is 6.04. The maximum Gasteiger partial charge on any atom is 0.415 e. The molecule has 0 bridgehead atoms. The molecule has 40 heavy (non-hydrogen) atoms. The number of nitrogens with zero attached hydrogens (tertiary/aromatic N) is 3. The molecule has 1 N–H and O–H groups in total. The van der Waals surface area contributed by atoms with Gasteiger partial charge >= 0.3 is 6.09 Å². The molecule has 1 atom stereocenters. The smallest absolute Gasteiger partial charge is 0.415 e. The van der Waals surface area contributed by atoms with Crippen molar-refractivity contribution in [3.05, 3.63) is 30.3 Å². The minimum absolute atomic E-state index is 0.000535. The lowest BCUT2D eigenvalue weighted by atomic mass is 10.0. The Bertz CT molecular complexity index is 1160. The third kappa shape index (κ3) is 8.24. The number of likely N-dealkylation sites (tertiary alicyclic amines) is 1. The summed E-state index contributed by atoms with van der Waals surface area (Å²) >= 11 is 0. The van der Waals surface area contributed by atoms with Gasteiger partial charge in [-0.2, -0.15) is 10.2 Å². The highest BCUT2D eigenvalue weighted by Crippen LogP contribution is 2.41. The average Bonchev–Trinajstić information content (AvgIpc) is 2.97. The molecule has 0 aliphatic carbocycles. The third-order valence-electron chi connectivity index (χ3n) is 6.62. The van der Waals surface area contributed by atoms with Gasteiger partial charge in [-0.3, -0.25) is 4.79 Å². The monoisotopic (exact) mass is 556 g/mol. The summed E-state index contributed by atoms with van der Waals surface area (Å²) in [6.45, 7) is 5.12. The average molecular weight is 557 g/mol. The Balaban J connectivity index is 1.74. The number of carbonyl (C=O) groups is 2. The van der Waals surface area contributed by atoms with E-state index in [1.807, 2.05) is 0 Å². The number of hydrogen-bond donors (Lipinski definition) is 1. The van der Waals surface area contributed by atoms with Crippen molar-refractivity contribution in [3.8, 4) is 28.7 Å². The van der Waals surface area contributed by atoms with E-state index in [0.29, 0.717) is 59.8 Å². The van der Waals surface area contributed by atoms with E-state index in [1.54, 1.807) is 35.2 Å². The largest absolute Gasteiger partial charge is 0.493 e. The molecular formula is C29H40N4O7. The third-order valence-corrected chi connectivity index (χ3v) is 6.62. The summed E-state index contributed by atoms with van der Waals surface area (Å²) in [5, 5.41) is 11.6. The second-order valence-corrected chi connectivity index (χ2v) is 9.87. The van der Waals surface area contributed by atoms with Gasteiger partial charge in [0.25, 0.3) is 0 Å². The molecule has 218 valence electrons. The van der Waals surface area contributed by atoms with Crippen LogP contribution in [0.1, 0.15) is 46.0 Å². The molecule has 0 saturated carbocycles. The van der Waals surface area contributed by atoms with Crippen LogP contribution in [-0.4, -0.2) is 64.5 Å². The van der Waals surface area contributed by atoms with E-state index in [4.69, 9.17) is 23.7 Å². The summed E-state index contributed by atoms with van der Waals surface area (Å²) in [5.74, 6) is 2.42. The second-order valence-electron chi connectivity index (χ2n) is 9.87. The molecule has 2 aromatic carbocycles. The van der Waals surface area contributed by atoms with E-state index in [9.17, 15) is 9.59 Å². The van der Waals surface area contributed by atoms with Crippen molar-refractivity contribution in [2.75, 3.05) is 41.5 Å². The molecule has 1 unspecified atom stereocenters. The molecule has 11 nitrogen and oxygen atoms in total. The first-order valence-corrected chi connectivity index (χ1v) is 13.4. The molecule has 2 aromatic rings. The molecular weight excluding hydrogens is 516 g/mol. The van der Waals surface area contributed by atoms with Gasteiger partial charge < -0.3 is 33.9 Å². The minimum atomic E-state index is -0.502. The van der Waals surface area contributed by atoms with E-state index < -0.39 is 6.09 Å². The van der Waals surface area contributed by atoms with E-state index in [2.05, 4.69) is 29.4 Å². The number of piperidine rings is 1. The highest BCUT2D eigenvalue weighted by atomic mass is 16.6. The Morgan fingerprint density at radius 2 is 1.55 bits per heavy atom. The van der Waals surface area contributed by atoms with Crippen LogP contribution in [0.3, 0.4) is 0 Å². The molecule has 0 radical (unpaired) electrons. The molecule has 1 fully saturated rings. The van der Waals surface area contributed by atoms with Crippen LogP contribution in [0.5, 0.6) is 28.7 Å². The summed E-state index contributed by atoms with van der Waals surface area (Å²) < 4.78 is 27.3. The van der Waals surface area contributed by atoms with Gasteiger partial charge in [0.15, 0.2) is 23.0 Å². The van der Waals surface area contributed by atoms with Crippen molar-refractivity contribution in [1.82, 2.24) is 10.2 Å². The van der Waals surface area contributed by atoms with Crippen LogP contribution in [-0.2, 0) is 4.79 Å². The van der Waals surface area contributed by atoms with Crippen LogP contribution in [0.2, 0.25) is 0 Å². The summed E-state index contributed by atoms with van der Waals surface area (Å²) in [6, 6.07) is 8.16. The molecule has 0 aromatic heterocycles. The van der Waals surface area contributed by atoms with Gasteiger partial charge in [-0.25, -0.2) is 4.79 Å². The zero-order chi connectivity index (χ0) is 29.1. The number of carbonyl (C=O) groups excluding carboxylic acids is 2. The molecule has 3 rings (SSSR count). The van der Waals surface area contributed by atoms with E-state index in [-0.39, 0.29) is 17.7 Å². The number of azo groups is 1. The maximum absolute atomic E-state index is 13.2. The fourth-order valence-electron chi connectivity index (χ4n) is 4.39. The maximum atomic E-state index is 13.2. The molecule has 1 heterocycles. The summed E-state index contributed by atoms with van der Waals surface area (Å²) in [6.07, 6.45) is 3.44. The van der Waals surface area contributed by atoms with Crippen molar-refractivity contribution < 1.29 is 33.3 Å². The molecule has 1 aliphatic rings. The van der Waals surface area contributed by atoms with Crippen molar-refractivity contribution in [1.29, 1.82) is 0 Å². The lowest BCUT2D eigenvalue weighted by molar-refractivity contribution is -0.121. The van der Waals surface area contributed by atoms with Crippen LogP contribution in [0.4, 0.5) is 16.2 Å². The fraction of sp³-hybridized carbons (Fsp3) is 0.517. The van der Waals surface area contributed by atoms with E-state index in [0.717, 1.165) is 25.7 Å². The Morgan fingerprint density at radius 1 is 0.900 bits per heavy atom. The van der Waals surface area contributed by atoms with Gasteiger partial charge in [0, 0.05) is 37.7 Å². The zero-order valence-corrected chi connectivity index (χ0v) is 24.2. The van der Waals surface area contributed by atoms with Crippen LogP contribution in [0.25, 0.3) is 0 Å². The van der Waals surface area contributed by atoms with Crippen LogP contribution in [0.15, 0.2) is 40.6 Å². The molecule has 0 spiro atoms. The minimum Gasteiger partial charge on any atom is -0.493 e. The van der Waals surface area contributed by atoms with Gasteiger partial charge in [-0.1, -0.05) is 13.8 Å². The Morgan fingerprint density at radius 3 is 2.17 bits per heavy atom. The normalized spacial score (nSPS) is 15.2. The summed E-state index contributed by atoms with van der Waals surface area (Å²) in [5.41, 5.74) is 0.931. The number of rotatable bonds is 12. The second kappa shape index (κ2) is 14.9. The zero-order valence-electron chi connectivity index (χ0n) is 24.2. The van der Waals surface area contributed by atoms with Crippen molar-refractivity contribution in [2.24, 2.45) is 16.1 Å². The first kappa shape index (κ1) is 30.5. The number of ether oxygens (including phenoxy) is 5. The molecule has 11 heteroatoms. The van der Waals surface area contributed by atoms with Gasteiger partial charge in [0.05, 0.1) is 45.9 Å². The van der Waals surface area contributed by atoms with E-state index >= 15 is 0 Å². The van der Waals surface area contributed by atoms with Gasteiger partial charge in [-0.15, -0.1) is 0 Å². The van der Waals surface area contributed by atoms with Gasteiger partial charge in [0.2, 0.25) is 11.7 Å². The highest BCUT2D eigenvalue weighted by Gasteiger charge is 2.29. The predicted molar refractivity (Wildman–Crippen MR) is 151 cm³/mol. The first-order chi connectivity index (χ1) is 19.3. The lowest BCUT2D eigenvalue weighted by Crippen LogP contribution is -2.50. The molecule has 1 saturated heterocycles. The van der Waals surface area contributed by atoms with Crippen LogP contribution >= 0.6 is 0 Å². The first-order valence-electron chi connectivity index (χ1n) is 13.4. The van der Waals surface area contributed by atoms with Gasteiger partial charge in [0.1, 0.15) is 0 Å². The fourth-order valence-corrected chi connectivity index (χ4v) is 4.39. The molecule has 2 amide bonds. The number of methoxy groups -OCH3 is 4. The lowest BCUT2D eigenvalue weighted by Gasteiger charge is -2.35. The SMILES string of the molecule is COc1ccc(N=Nc2cc(OC)c(OC)c(OC)c2)cc1OC(=O)N1CCCCC1CNC(=O)CCC(C)C. The Kier molecular flexibility index (Phi) is 11.4. The van der Waals surface area contributed by atoms with E-state index in [1.165, 1.54) is 28.4 Å².